The van der Waals surface area contributed by atoms with Gasteiger partial charge in [-0.1, -0.05) is 40.2 Å². The SMILES string of the molecule is COc1ccc(Br)cc1NCc1ccc(C2CC2)cc1. The largest absolute Gasteiger partial charge is 0.495 e. The third kappa shape index (κ3) is 3.15. The average molecular weight is 332 g/mol. The quantitative estimate of drug-likeness (QED) is 0.837. The molecule has 1 aliphatic rings. The van der Waals surface area contributed by atoms with Crippen molar-refractivity contribution in [3.63, 3.8) is 0 Å². The molecule has 0 heterocycles. The molecule has 0 aromatic heterocycles. The van der Waals surface area contributed by atoms with Crippen LogP contribution in [0, 0.1) is 0 Å². The number of rotatable bonds is 5. The van der Waals surface area contributed by atoms with Crippen LogP contribution in [0.5, 0.6) is 5.75 Å². The summed E-state index contributed by atoms with van der Waals surface area (Å²) in [4.78, 5) is 0. The average Bonchev–Trinajstić information content (AvgIpc) is 3.30. The molecule has 0 radical (unpaired) electrons. The minimum atomic E-state index is 0.803. The second kappa shape index (κ2) is 5.88. The Kier molecular flexibility index (Phi) is 3.97. The van der Waals surface area contributed by atoms with Crippen LogP contribution in [0.25, 0.3) is 0 Å². The summed E-state index contributed by atoms with van der Waals surface area (Å²) in [7, 11) is 1.69. The van der Waals surface area contributed by atoms with Gasteiger partial charge in [-0.15, -0.1) is 0 Å². The van der Waals surface area contributed by atoms with Gasteiger partial charge in [0.15, 0.2) is 0 Å². The maximum atomic E-state index is 5.36. The predicted octanol–water partition coefficient (Wildman–Crippen LogP) is 4.95. The number of anilines is 1. The molecular weight excluding hydrogens is 314 g/mol. The van der Waals surface area contributed by atoms with Crippen molar-refractivity contribution in [2.75, 3.05) is 12.4 Å². The topological polar surface area (TPSA) is 21.3 Å². The van der Waals surface area contributed by atoms with Gasteiger partial charge in [-0.2, -0.15) is 0 Å². The molecule has 3 rings (SSSR count). The summed E-state index contributed by atoms with van der Waals surface area (Å²) in [5.74, 6) is 1.69. The molecule has 104 valence electrons. The van der Waals surface area contributed by atoms with E-state index >= 15 is 0 Å². The molecule has 1 N–H and O–H groups in total. The summed E-state index contributed by atoms with van der Waals surface area (Å²) in [6.07, 6.45) is 2.71. The molecule has 0 amide bonds. The Morgan fingerprint density at radius 2 is 1.90 bits per heavy atom. The highest BCUT2D eigenvalue weighted by Crippen LogP contribution is 2.39. The minimum Gasteiger partial charge on any atom is -0.495 e. The van der Waals surface area contributed by atoms with E-state index in [0.29, 0.717) is 0 Å². The lowest BCUT2D eigenvalue weighted by atomic mass is 10.1. The van der Waals surface area contributed by atoms with Crippen LogP contribution >= 0.6 is 15.9 Å². The Hall–Kier alpha value is -1.48. The van der Waals surface area contributed by atoms with Crippen LogP contribution < -0.4 is 10.1 Å². The number of hydrogen-bond donors (Lipinski definition) is 1. The summed E-state index contributed by atoms with van der Waals surface area (Å²) in [6.45, 7) is 0.803. The molecule has 0 aliphatic heterocycles. The Bertz CT molecular complexity index is 590. The van der Waals surface area contributed by atoms with Crippen molar-refractivity contribution in [3.05, 3.63) is 58.1 Å². The number of methoxy groups -OCH3 is 1. The third-order valence-corrected chi connectivity index (χ3v) is 4.17. The second-order valence-corrected chi connectivity index (χ2v) is 6.13. The maximum Gasteiger partial charge on any atom is 0.142 e. The molecular formula is C17H18BrNO. The van der Waals surface area contributed by atoms with Crippen LogP contribution in [0.15, 0.2) is 46.9 Å². The molecule has 3 heteroatoms. The van der Waals surface area contributed by atoms with Crippen LogP contribution in [0.4, 0.5) is 5.69 Å². The Balaban J connectivity index is 1.67. The molecule has 0 saturated heterocycles. The van der Waals surface area contributed by atoms with E-state index < -0.39 is 0 Å². The Morgan fingerprint density at radius 3 is 2.55 bits per heavy atom. The molecule has 0 spiro atoms. The molecule has 2 aromatic rings. The molecule has 1 fully saturated rings. The van der Waals surface area contributed by atoms with Gasteiger partial charge < -0.3 is 10.1 Å². The number of hydrogen-bond acceptors (Lipinski definition) is 2. The monoisotopic (exact) mass is 331 g/mol. The first-order valence-electron chi connectivity index (χ1n) is 6.92. The van der Waals surface area contributed by atoms with Crippen molar-refractivity contribution >= 4 is 21.6 Å². The summed E-state index contributed by atoms with van der Waals surface area (Å²) in [5, 5.41) is 3.43. The number of halogens is 1. The van der Waals surface area contributed by atoms with E-state index in [-0.39, 0.29) is 0 Å². The molecule has 0 bridgehead atoms. The van der Waals surface area contributed by atoms with Crippen molar-refractivity contribution < 1.29 is 4.74 Å². The van der Waals surface area contributed by atoms with Crippen LogP contribution in [0.1, 0.15) is 29.9 Å². The molecule has 2 aromatic carbocycles. The van der Waals surface area contributed by atoms with Crippen molar-refractivity contribution in [3.8, 4) is 5.75 Å². The zero-order chi connectivity index (χ0) is 13.9. The number of ether oxygens (including phenoxy) is 1. The number of benzene rings is 2. The van der Waals surface area contributed by atoms with Gasteiger partial charge in [-0.3, -0.25) is 0 Å². The summed E-state index contributed by atoms with van der Waals surface area (Å²) >= 11 is 3.49. The summed E-state index contributed by atoms with van der Waals surface area (Å²) in [6, 6.07) is 14.9. The lowest BCUT2D eigenvalue weighted by Gasteiger charge is -2.12. The van der Waals surface area contributed by atoms with Crippen LogP contribution in [0.3, 0.4) is 0 Å². The normalized spacial score (nSPS) is 14.1. The molecule has 0 unspecified atom stereocenters. The van der Waals surface area contributed by atoms with E-state index in [9.17, 15) is 0 Å². The minimum absolute atomic E-state index is 0.803. The fraction of sp³-hybridized carbons (Fsp3) is 0.294. The first-order valence-corrected chi connectivity index (χ1v) is 7.72. The highest BCUT2D eigenvalue weighted by molar-refractivity contribution is 9.10. The summed E-state index contributed by atoms with van der Waals surface area (Å²) in [5.41, 5.74) is 3.78. The summed E-state index contributed by atoms with van der Waals surface area (Å²) < 4.78 is 6.41. The highest BCUT2D eigenvalue weighted by atomic mass is 79.9. The standard InChI is InChI=1S/C17H18BrNO/c1-20-17-9-8-15(18)10-16(17)19-11-12-2-4-13(5-3-12)14-6-7-14/h2-5,8-10,14,19H,6-7,11H2,1H3. The van der Waals surface area contributed by atoms with Crippen LogP contribution in [0.2, 0.25) is 0 Å². The van der Waals surface area contributed by atoms with Gasteiger partial charge in [0.05, 0.1) is 12.8 Å². The first kappa shape index (κ1) is 13.5. The van der Waals surface area contributed by atoms with Crippen molar-refractivity contribution in [1.29, 1.82) is 0 Å². The van der Waals surface area contributed by atoms with Gasteiger partial charge in [0.25, 0.3) is 0 Å². The van der Waals surface area contributed by atoms with Gasteiger partial charge in [0.1, 0.15) is 5.75 Å². The third-order valence-electron chi connectivity index (χ3n) is 3.67. The van der Waals surface area contributed by atoms with Gasteiger partial charge in [-0.25, -0.2) is 0 Å². The van der Waals surface area contributed by atoms with E-state index in [4.69, 9.17) is 4.74 Å². The van der Waals surface area contributed by atoms with Gasteiger partial charge >= 0.3 is 0 Å². The zero-order valence-electron chi connectivity index (χ0n) is 11.5. The second-order valence-electron chi connectivity index (χ2n) is 5.21. The molecule has 2 nitrogen and oxygen atoms in total. The maximum absolute atomic E-state index is 5.36. The Morgan fingerprint density at radius 1 is 1.15 bits per heavy atom. The number of nitrogens with one attached hydrogen (secondary N) is 1. The fourth-order valence-corrected chi connectivity index (χ4v) is 2.70. The van der Waals surface area contributed by atoms with Gasteiger partial charge in [0, 0.05) is 11.0 Å². The van der Waals surface area contributed by atoms with Crippen molar-refractivity contribution in [2.45, 2.75) is 25.3 Å². The molecule has 0 atom stereocenters. The van der Waals surface area contributed by atoms with Gasteiger partial charge in [-0.05, 0) is 48.1 Å². The Labute approximate surface area is 128 Å². The first-order chi connectivity index (χ1) is 9.76. The molecule has 20 heavy (non-hydrogen) atoms. The lowest BCUT2D eigenvalue weighted by molar-refractivity contribution is 0.416. The van der Waals surface area contributed by atoms with Crippen LogP contribution in [-0.4, -0.2) is 7.11 Å². The molecule has 1 saturated carbocycles. The van der Waals surface area contributed by atoms with E-state index in [0.717, 1.165) is 28.4 Å². The van der Waals surface area contributed by atoms with Crippen LogP contribution in [-0.2, 0) is 6.54 Å². The van der Waals surface area contributed by atoms with Gasteiger partial charge in [0.2, 0.25) is 0 Å². The highest BCUT2D eigenvalue weighted by Gasteiger charge is 2.22. The van der Waals surface area contributed by atoms with E-state index in [1.807, 2.05) is 18.2 Å². The van der Waals surface area contributed by atoms with Crippen molar-refractivity contribution in [2.24, 2.45) is 0 Å². The fourth-order valence-electron chi connectivity index (χ4n) is 2.34. The molecule has 1 aliphatic carbocycles. The predicted molar refractivity (Wildman–Crippen MR) is 86.4 cm³/mol. The smallest absolute Gasteiger partial charge is 0.142 e. The zero-order valence-corrected chi connectivity index (χ0v) is 13.1. The van der Waals surface area contributed by atoms with E-state index in [1.165, 1.54) is 24.0 Å². The van der Waals surface area contributed by atoms with E-state index in [1.54, 1.807) is 7.11 Å². The van der Waals surface area contributed by atoms with E-state index in [2.05, 4.69) is 45.5 Å². The van der Waals surface area contributed by atoms with Crippen molar-refractivity contribution in [1.82, 2.24) is 0 Å². The lowest BCUT2D eigenvalue weighted by Crippen LogP contribution is -2.01.